The van der Waals surface area contributed by atoms with Gasteiger partial charge in [-0.2, -0.15) is 29.5 Å². The van der Waals surface area contributed by atoms with Gasteiger partial charge in [0.2, 0.25) is 0 Å². The summed E-state index contributed by atoms with van der Waals surface area (Å²) < 4.78 is 49.9. The van der Waals surface area contributed by atoms with Crippen LogP contribution in [-0.4, -0.2) is 18.0 Å². The number of fused-ring (bicyclic) bond motifs is 9. The van der Waals surface area contributed by atoms with Gasteiger partial charge in [-0.1, -0.05) is 162 Å². The first-order valence-electron chi connectivity index (χ1n) is 27.0. The molecule has 0 fully saturated rings. The average molecular weight is 1140 g/mol. The van der Waals surface area contributed by atoms with Gasteiger partial charge in [-0.25, -0.2) is 4.98 Å². The number of hydrogen-bond acceptors (Lipinski definition) is 4. The quantitative estimate of drug-likeness (QED) is 0.118. The zero-order valence-corrected chi connectivity index (χ0v) is 45.8. The van der Waals surface area contributed by atoms with Crippen molar-refractivity contribution in [3.63, 3.8) is 0 Å². The summed E-state index contributed by atoms with van der Waals surface area (Å²) in [6.07, 6.45) is -0.203. The first kappa shape index (κ1) is 41.4. The fourth-order valence-electron chi connectivity index (χ4n) is 10.9. The standard InChI is InChI=1S/C46H35N3S.C18H24NSi.Ir/c1-27-25-37-33-17-10-11-20-38(33)46(3,4)40(37)28(2)42(27)49-39-24-21-30-15-8-9-16-32(30)41(39)48-44(49)36-19-12-18-34-35-23-22-31(47-45(35)50-43(34)36)26-29-13-6-5-7-14-29;1-13(2)16-11-17(15-9-7-14(3)8-10-15)19-12-18(16)20(4,5)6;/h5-18,20-25,44H,26H2,1-4H3;7-9,11-13H,1-6H3;/q-2;-1;+3/i26D2;3D3,13D;. The molecular weight excluding hydrogens is 1080 g/mol. The average Bonchev–Trinajstić information content (AvgIpc) is 4.16. The molecular formula is C64H59IrN4SSi. The van der Waals surface area contributed by atoms with Crippen LogP contribution in [-0.2, 0) is 31.9 Å². The van der Waals surface area contributed by atoms with E-state index in [2.05, 4.69) is 142 Å². The van der Waals surface area contributed by atoms with E-state index in [1.54, 1.807) is 23.5 Å². The molecule has 7 heteroatoms. The number of benzene rings is 7. The second-order valence-corrected chi connectivity index (χ2v) is 26.5. The second-order valence-electron chi connectivity index (χ2n) is 20.4. The summed E-state index contributed by atoms with van der Waals surface area (Å²) in [4.78, 5) is 12.8. The Kier molecular flexibility index (Phi) is 10.9. The minimum Gasteiger partial charge on any atom is -0.661 e. The van der Waals surface area contributed by atoms with Crippen molar-refractivity contribution in [3.05, 3.63) is 219 Å². The summed E-state index contributed by atoms with van der Waals surface area (Å²) in [5.74, 6) is -0.716. The molecule has 4 nitrogen and oxygen atoms in total. The van der Waals surface area contributed by atoms with Crippen LogP contribution in [0.4, 0.5) is 17.1 Å². The molecule has 0 saturated carbocycles. The van der Waals surface area contributed by atoms with E-state index in [4.69, 9.17) is 18.5 Å². The summed E-state index contributed by atoms with van der Waals surface area (Å²) in [6, 6.07) is 55.0. The minimum atomic E-state index is -2.13. The zero-order chi connectivity index (χ0) is 53.9. The molecule has 10 aromatic rings. The smallest absolute Gasteiger partial charge is 0.661 e. The van der Waals surface area contributed by atoms with Gasteiger partial charge in [0.05, 0.1) is 8.07 Å². The van der Waals surface area contributed by atoms with Gasteiger partial charge in [-0.15, -0.1) is 52.0 Å². The van der Waals surface area contributed by atoms with Crippen LogP contribution in [0.1, 0.15) is 98.2 Å². The van der Waals surface area contributed by atoms with E-state index in [0.29, 0.717) is 11.3 Å². The molecule has 354 valence electrons. The fourth-order valence-corrected chi connectivity index (χ4v) is 13.6. The normalized spacial score (nSPS) is 16.2. The van der Waals surface area contributed by atoms with Crippen LogP contribution in [0.2, 0.25) is 19.6 Å². The van der Waals surface area contributed by atoms with E-state index in [9.17, 15) is 0 Å². The molecule has 0 saturated heterocycles. The summed E-state index contributed by atoms with van der Waals surface area (Å²) in [7, 11) is -1.61. The van der Waals surface area contributed by atoms with Gasteiger partial charge >= 0.3 is 20.1 Å². The van der Waals surface area contributed by atoms with Gasteiger partial charge in [-0.3, -0.25) is 0 Å². The maximum atomic E-state index is 9.00. The van der Waals surface area contributed by atoms with Gasteiger partial charge in [0.25, 0.3) is 0 Å². The molecule has 0 radical (unpaired) electrons. The molecule has 0 N–H and O–H groups in total. The van der Waals surface area contributed by atoms with Crippen LogP contribution >= 0.6 is 11.3 Å². The largest absolute Gasteiger partial charge is 3.00 e. The Labute approximate surface area is 447 Å². The van der Waals surface area contributed by atoms with Gasteiger partial charge in [0.15, 0.2) is 0 Å². The summed E-state index contributed by atoms with van der Waals surface area (Å²) in [5.41, 5.74) is 15.7. The van der Waals surface area contributed by atoms with Gasteiger partial charge in [-0.05, 0) is 110 Å². The third-order valence-corrected chi connectivity index (χ3v) is 17.3. The summed E-state index contributed by atoms with van der Waals surface area (Å²) in [6.45, 7) is 17.6. The Hall–Kier alpha value is -6.21. The Morgan fingerprint density at radius 2 is 1.62 bits per heavy atom. The molecule has 1 unspecified atom stereocenters. The predicted molar refractivity (Wildman–Crippen MR) is 301 cm³/mol. The number of hydrogen-bond donors (Lipinski definition) is 0. The topological polar surface area (TPSA) is 43.1 Å². The monoisotopic (exact) mass is 1140 g/mol. The maximum Gasteiger partial charge on any atom is 3.00 e. The first-order valence-corrected chi connectivity index (χ1v) is 28.4. The molecule has 3 aromatic heterocycles. The molecule has 2 aliphatic rings. The Morgan fingerprint density at radius 1 is 0.845 bits per heavy atom. The first-order chi connectivity index (χ1) is 35.9. The van der Waals surface area contributed by atoms with E-state index in [-0.39, 0.29) is 37.2 Å². The van der Waals surface area contributed by atoms with Crippen LogP contribution in [0.3, 0.4) is 0 Å². The molecule has 0 spiro atoms. The molecule has 12 rings (SSSR count). The van der Waals surface area contributed by atoms with Crippen LogP contribution < -0.4 is 10.1 Å². The van der Waals surface area contributed by atoms with Crippen molar-refractivity contribution < 1.29 is 28.3 Å². The number of aryl methyl sites for hydroxylation is 2. The van der Waals surface area contributed by atoms with Crippen LogP contribution in [0.15, 0.2) is 152 Å². The van der Waals surface area contributed by atoms with E-state index in [1.165, 1.54) is 50.3 Å². The van der Waals surface area contributed by atoms with E-state index >= 15 is 0 Å². The van der Waals surface area contributed by atoms with Gasteiger partial charge < -0.3 is 15.2 Å². The minimum absolute atomic E-state index is 0. The third kappa shape index (κ3) is 8.55. The van der Waals surface area contributed by atoms with E-state index < -0.39 is 27.2 Å². The van der Waals surface area contributed by atoms with Crippen molar-refractivity contribution >= 4 is 72.7 Å². The Balaban J connectivity index is 0.000000228. The molecule has 1 aliphatic carbocycles. The van der Waals surface area contributed by atoms with Gasteiger partial charge in [0.1, 0.15) is 4.83 Å². The van der Waals surface area contributed by atoms with Gasteiger partial charge in [0, 0.05) is 43.3 Å². The summed E-state index contributed by atoms with van der Waals surface area (Å²) in [5, 5.41) is 11.2. The zero-order valence-electron chi connectivity index (χ0n) is 47.5. The van der Waals surface area contributed by atoms with Crippen molar-refractivity contribution in [2.45, 2.75) is 91.9 Å². The van der Waals surface area contributed by atoms with E-state index in [1.807, 2.05) is 74.6 Å². The van der Waals surface area contributed by atoms with Crippen molar-refractivity contribution in [1.29, 1.82) is 0 Å². The molecule has 0 bridgehead atoms. The Morgan fingerprint density at radius 3 is 2.38 bits per heavy atom. The van der Waals surface area contributed by atoms with Crippen LogP contribution in [0.5, 0.6) is 0 Å². The van der Waals surface area contributed by atoms with Crippen molar-refractivity contribution in [2.24, 2.45) is 0 Å². The molecule has 4 heterocycles. The van der Waals surface area contributed by atoms with Crippen molar-refractivity contribution in [2.75, 3.05) is 4.90 Å². The molecule has 1 aliphatic heterocycles. The van der Waals surface area contributed by atoms with E-state index in [0.717, 1.165) is 64.8 Å². The van der Waals surface area contributed by atoms with Crippen LogP contribution in [0, 0.1) is 32.8 Å². The fraction of sp³-hybridized carbons (Fsp3) is 0.219. The predicted octanol–water partition coefficient (Wildman–Crippen LogP) is 17.3. The number of thiophene rings is 1. The molecule has 7 aromatic carbocycles. The number of anilines is 2. The number of nitrogens with zero attached hydrogens (tertiary/aromatic N) is 4. The molecule has 0 amide bonds. The molecule has 1 atom stereocenters. The Bertz CT molecular complexity index is 3920. The molecule has 71 heavy (non-hydrogen) atoms. The third-order valence-electron chi connectivity index (χ3n) is 14.1. The maximum absolute atomic E-state index is 9.00. The number of rotatable bonds is 7. The van der Waals surface area contributed by atoms with Crippen LogP contribution in [0.25, 0.3) is 58.8 Å². The SMILES string of the molecule is [2H]C([2H])([2H])c1c[c-]c(-c2cc(C([2H])(C)C)c([Si](C)(C)C)cn2)cc1.[2H]C([2H])(c1ccccc1)c1ccc2c(n1)sc1c(C3[N-]c4c(ccc5ccccc45)N3c3c(C)cc4c(c3C)C(C)(C)c3ccccc3-4)[c-]ccc12.[Ir+3]. The van der Waals surface area contributed by atoms with Crippen molar-refractivity contribution in [3.8, 4) is 22.4 Å². The second kappa shape index (κ2) is 18.8. The summed E-state index contributed by atoms with van der Waals surface area (Å²) >= 11 is 1.60. The number of pyridine rings is 2. The van der Waals surface area contributed by atoms with Crippen molar-refractivity contribution in [1.82, 2.24) is 9.97 Å². The number of aromatic nitrogens is 2.